The Kier molecular flexibility index (Phi) is 8.27. The molecule has 0 radical (unpaired) electrons. The summed E-state index contributed by atoms with van der Waals surface area (Å²) in [7, 11) is 0. The van der Waals surface area contributed by atoms with E-state index in [9.17, 15) is 14.4 Å². The Morgan fingerprint density at radius 2 is 1.29 bits per heavy atom. The zero-order valence-electron chi connectivity index (χ0n) is 22.5. The third-order valence-electron chi connectivity index (χ3n) is 6.68. The number of benzene rings is 5. The molecule has 200 valence electrons. The SMILES string of the molecule is Cc1ccccc1/C=C/C(=O)c1ccc(NC(=O)/C(=C/c2cccc3ccccc23)NC(=O)c2ccccc2)cc1. The highest BCUT2D eigenvalue weighted by molar-refractivity contribution is 6.12. The lowest BCUT2D eigenvalue weighted by Crippen LogP contribution is -2.30. The average Bonchev–Trinajstić information content (AvgIpc) is 3.01. The summed E-state index contributed by atoms with van der Waals surface area (Å²) in [5.41, 5.74) is 4.38. The van der Waals surface area contributed by atoms with E-state index in [1.807, 2.05) is 79.7 Å². The van der Waals surface area contributed by atoms with Gasteiger partial charge < -0.3 is 10.6 Å². The van der Waals surface area contributed by atoms with E-state index in [4.69, 9.17) is 0 Å². The van der Waals surface area contributed by atoms with Crippen molar-refractivity contribution in [3.8, 4) is 0 Å². The van der Waals surface area contributed by atoms with Gasteiger partial charge in [-0.3, -0.25) is 14.4 Å². The molecule has 0 aliphatic carbocycles. The molecular weight excluding hydrogens is 508 g/mol. The first-order chi connectivity index (χ1) is 20.0. The lowest BCUT2D eigenvalue weighted by molar-refractivity contribution is -0.113. The molecule has 5 heteroatoms. The molecular formula is C36H28N2O3. The summed E-state index contributed by atoms with van der Waals surface area (Å²) >= 11 is 0. The highest BCUT2D eigenvalue weighted by Crippen LogP contribution is 2.21. The first-order valence-electron chi connectivity index (χ1n) is 13.2. The summed E-state index contributed by atoms with van der Waals surface area (Å²) in [4.78, 5) is 39.2. The van der Waals surface area contributed by atoms with Gasteiger partial charge in [0.05, 0.1) is 0 Å². The summed E-state index contributed by atoms with van der Waals surface area (Å²) in [6.07, 6.45) is 5.01. The lowest BCUT2D eigenvalue weighted by atomic mass is 10.0. The second-order valence-corrected chi connectivity index (χ2v) is 9.53. The minimum absolute atomic E-state index is 0.0940. The van der Waals surface area contributed by atoms with Crippen molar-refractivity contribution in [1.29, 1.82) is 0 Å². The summed E-state index contributed by atoms with van der Waals surface area (Å²) in [6, 6.07) is 36.9. The van der Waals surface area contributed by atoms with Crippen molar-refractivity contribution >= 4 is 46.2 Å². The Bertz CT molecular complexity index is 1780. The van der Waals surface area contributed by atoms with Gasteiger partial charge in [-0.15, -0.1) is 0 Å². The Labute approximate surface area is 238 Å². The molecule has 0 bridgehead atoms. The fourth-order valence-electron chi connectivity index (χ4n) is 4.43. The molecule has 0 heterocycles. The summed E-state index contributed by atoms with van der Waals surface area (Å²) < 4.78 is 0. The van der Waals surface area contributed by atoms with Crippen molar-refractivity contribution in [2.45, 2.75) is 6.92 Å². The molecule has 0 aliphatic rings. The van der Waals surface area contributed by atoms with Crippen molar-refractivity contribution in [3.63, 3.8) is 0 Å². The Hall–Kier alpha value is -5.55. The van der Waals surface area contributed by atoms with Crippen LogP contribution in [0.25, 0.3) is 22.9 Å². The quantitative estimate of drug-likeness (QED) is 0.160. The van der Waals surface area contributed by atoms with Crippen LogP contribution in [0.5, 0.6) is 0 Å². The molecule has 0 spiro atoms. The number of ketones is 1. The number of hydrogen-bond donors (Lipinski definition) is 2. The van der Waals surface area contributed by atoms with Crippen LogP contribution >= 0.6 is 0 Å². The molecule has 0 aromatic heterocycles. The highest BCUT2D eigenvalue weighted by Gasteiger charge is 2.16. The van der Waals surface area contributed by atoms with Crippen molar-refractivity contribution in [1.82, 2.24) is 5.32 Å². The number of carbonyl (C=O) groups excluding carboxylic acids is 3. The van der Waals surface area contributed by atoms with Crippen LogP contribution in [-0.4, -0.2) is 17.6 Å². The van der Waals surface area contributed by atoms with Gasteiger partial charge in [0.25, 0.3) is 11.8 Å². The molecule has 2 N–H and O–H groups in total. The van der Waals surface area contributed by atoms with E-state index in [0.29, 0.717) is 16.8 Å². The zero-order valence-corrected chi connectivity index (χ0v) is 22.5. The van der Waals surface area contributed by atoms with E-state index in [2.05, 4.69) is 10.6 Å². The molecule has 0 unspecified atom stereocenters. The fourth-order valence-corrected chi connectivity index (χ4v) is 4.43. The number of anilines is 1. The molecule has 5 nitrogen and oxygen atoms in total. The lowest BCUT2D eigenvalue weighted by Gasteiger charge is -2.12. The topological polar surface area (TPSA) is 75.3 Å². The first kappa shape index (κ1) is 27.0. The van der Waals surface area contributed by atoms with Crippen molar-refractivity contribution in [2.75, 3.05) is 5.32 Å². The average molecular weight is 537 g/mol. The van der Waals surface area contributed by atoms with Crippen LogP contribution in [0.4, 0.5) is 5.69 Å². The summed E-state index contributed by atoms with van der Waals surface area (Å²) in [5, 5.41) is 7.60. The largest absolute Gasteiger partial charge is 0.321 e. The van der Waals surface area contributed by atoms with Crippen molar-refractivity contribution in [3.05, 3.63) is 161 Å². The monoisotopic (exact) mass is 536 g/mol. The molecule has 0 atom stereocenters. The van der Waals surface area contributed by atoms with Crippen LogP contribution in [0.15, 0.2) is 133 Å². The number of nitrogens with one attached hydrogen (secondary N) is 2. The molecule has 5 aromatic rings. The molecule has 5 aromatic carbocycles. The van der Waals surface area contributed by atoms with Gasteiger partial charge in [0.1, 0.15) is 5.70 Å². The second-order valence-electron chi connectivity index (χ2n) is 9.53. The smallest absolute Gasteiger partial charge is 0.272 e. The normalized spacial score (nSPS) is 11.4. The maximum atomic E-state index is 13.5. The van der Waals surface area contributed by atoms with E-state index < -0.39 is 11.8 Å². The molecule has 2 amide bonds. The number of rotatable bonds is 8. The van der Waals surface area contributed by atoms with E-state index in [1.54, 1.807) is 66.8 Å². The van der Waals surface area contributed by atoms with Gasteiger partial charge in [-0.2, -0.15) is 0 Å². The minimum atomic E-state index is -0.485. The number of fused-ring (bicyclic) bond motifs is 1. The second kappa shape index (κ2) is 12.5. The predicted octanol–water partition coefficient (Wildman–Crippen LogP) is 7.45. The highest BCUT2D eigenvalue weighted by atomic mass is 16.2. The predicted molar refractivity (Wildman–Crippen MR) is 165 cm³/mol. The molecule has 5 rings (SSSR count). The molecule has 0 saturated heterocycles. The van der Waals surface area contributed by atoms with Crippen LogP contribution < -0.4 is 10.6 Å². The first-order valence-corrected chi connectivity index (χ1v) is 13.2. The number of amides is 2. The van der Waals surface area contributed by atoms with Crippen molar-refractivity contribution < 1.29 is 14.4 Å². The van der Waals surface area contributed by atoms with Crippen LogP contribution in [0, 0.1) is 6.92 Å². The Morgan fingerprint density at radius 3 is 2.07 bits per heavy atom. The number of carbonyl (C=O) groups is 3. The third-order valence-corrected chi connectivity index (χ3v) is 6.68. The van der Waals surface area contributed by atoms with Crippen molar-refractivity contribution in [2.24, 2.45) is 0 Å². The minimum Gasteiger partial charge on any atom is -0.321 e. The number of allylic oxidation sites excluding steroid dienone is 1. The van der Waals surface area contributed by atoms with Gasteiger partial charge >= 0.3 is 0 Å². The van der Waals surface area contributed by atoms with Crippen LogP contribution in [-0.2, 0) is 4.79 Å². The van der Waals surface area contributed by atoms with Crippen LogP contribution in [0.3, 0.4) is 0 Å². The zero-order chi connectivity index (χ0) is 28.6. The van der Waals surface area contributed by atoms with Gasteiger partial charge in [0.2, 0.25) is 0 Å². The maximum Gasteiger partial charge on any atom is 0.272 e. The Morgan fingerprint density at radius 1 is 0.634 bits per heavy atom. The molecule has 0 saturated carbocycles. The fraction of sp³-hybridized carbons (Fsp3) is 0.0278. The molecule has 0 fully saturated rings. The van der Waals surface area contributed by atoms with Gasteiger partial charge in [-0.1, -0.05) is 91.0 Å². The van der Waals surface area contributed by atoms with Crippen LogP contribution in [0.1, 0.15) is 37.4 Å². The van der Waals surface area contributed by atoms with Gasteiger partial charge in [0.15, 0.2) is 5.78 Å². The van der Waals surface area contributed by atoms with E-state index in [-0.39, 0.29) is 11.5 Å². The maximum absolute atomic E-state index is 13.5. The Balaban J connectivity index is 1.37. The van der Waals surface area contributed by atoms with Gasteiger partial charge in [-0.25, -0.2) is 0 Å². The third kappa shape index (κ3) is 6.72. The number of hydrogen-bond acceptors (Lipinski definition) is 3. The molecule has 41 heavy (non-hydrogen) atoms. The molecule has 0 aliphatic heterocycles. The van der Waals surface area contributed by atoms with E-state index in [1.165, 1.54) is 0 Å². The number of aryl methyl sites for hydroxylation is 1. The standard InChI is InChI=1S/C36H28N2O3/c1-25-10-5-6-11-26(25)20-23-34(39)28-18-21-31(22-19-28)37-36(41)33(38-35(40)29-13-3-2-4-14-29)24-30-16-9-15-27-12-7-8-17-32(27)30/h2-24H,1H3,(H,37,41)(H,38,40)/b23-20+,33-24-. The van der Waals surface area contributed by atoms with E-state index >= 15 is 0 Å². The van der Waals surface area contributed by atoms with Crippen LogP contribution in [0.2, 0.25) is 0 Å². The summed E-state index contributed by atoms with van der Waals surface area (Å²) in [6.45, 7) is 1.99. The van der Waals surface area contributed by atoms with Gasteiger partial charge in [-0.05, 0) is 82.9 Å². The van der Waals surface area contributed by atoms with E-state index in [0.717, 1.165) is 27.5 Å². The summed E-state index contributed by atoms with van der Waals surface area (Å²) in [5.74, 6) is -1.02. The van der Waals surface area contributed by atoms with Gasteiger partial charge in [0, 0.05) is 16.8 Å².